The molecule has 0 amide bonds. The highest BCUT2D eigenvalue weighted by molar-refractivity contribution is 5.84. The maximum atomic E-state index is 11.5. The smallest absolute Gasteiger partial charge is 0.333 e. The van der Waals surface area contributed by atoms with Crippen molar-refractivity contribution in [3.05, 3.63) is 42.3 Å². The quantitative estimate of drug-likeness (QED) is 0.864. The maximum Gasteiger partial charge on any atom is 0.333 e. The third-order valence-corrected chi connectivity index (χ3v) is 3.12. The van der Waals surface area contributed by atoms with Gasteiger partial charge in [0, 0.05) is 0 Å². The van der Waals surface area contributed by atoms with Crippen LogP contribution in [0.2, 0.25) is 0 Å². The topological polar surface area (TPSA) is 61.8 Å². The van der Waals surface area contributed by atoms with E-state index in [9.17, 15) is 9.90 Å². The van der Waals surface area contributed by atoms with Gasteiger partial charge in [-0.2, -0.15) is 0 Å². The summed E-state index contributed by atoms with van der Waals surface area (Å²) in [7, 11) is 0. The lowest BCUT2D eigenvalue weighted by atomic mass is 10.0. The van der Waals surface area contributed by atoms with Gasteiger partial charge in [0.15, 0.2) is 5.54 Å². The number of para-hydroxylation sites is 1. The van der Waals surface area contributed by atoms with Gasteiger partial charge in [-0.25, -0.2) is 10.2 Å². The molecule has 0 saturated heterocycles. The first-order chi connectivity index (χ1) is 9.43. The van der Waals surface area contributed by atoms with Crippen molar-refractivity contribution in [1.29, 1.82) is 0 Å². The highest BCUT2D eigenvalue weighted by atomic mass is 16.5. The Morgan fingerprint density at radius 2 is 2.05 bits per heavy atom. The summed E-state index contributed by atoms with van der Waals surface area (Å²) in [6.45, 7) is 6.13. The number of ether oxygens (including phenoxy) is 1. The van der Waals surface area contributed by atoms with Crippen LogP contribution in [-0.4, -0.2) is 23.2 Å². The second-order valence-electron chi connectivity index (χ2n) is 5.45. The fraction of sp³-hybridized carbons (Fsp3) is 0.400. The van der Waals surface area contributed by atoms with Crippen LogP contribution in [0.25, 0.3) is 0 Å². The van der Waals surface area contributed by atoms with Crippen LogP contribution in [0.15, 0.2) is 42.3 Å². The van der Waals surface area contributed by atoms with Crippen molar-refractivity contribution < 1.29 is 14.6 Å². The van der Waals surface area contributed by atoms with Gasteiger partial charge < -0.3 is 9.84 Å². The number of carbonyl (C=O) groups is 1. The molecule has 0 radical (unpaired) electrons. The summed E-state index contributed by atoms with van der Waals surface area (Å²) < 4.78 is 5.67. The molecule has 0 aliphatic carbocycles. The van der Waals surface area contributed by atoms with E-state index in [1.807, 2.05) is 44.2 Å². The Labute approximate surface area is 118 Å². The fourth-order valence-electron chi connectivity index (χ4n) is 1.89. The van der Waals surface area contributed by atoms with Crippen molar-refractivity contribution in [2.24, 2.45) is 5.92 Å². The normalized spacial score (nSPS) is 22.0. The van der Waals surface area contributed by atoms with Crippen LogP contribution >= 0.6 is 0 Å². The number of benzene rings is 1. The van der Waals surface area contributed by atoms with Crippen LogP contribution in [0, 0.1) is 5.92 Å². The highest BCUT2D eigenvalue weighted by Gasteiger charge is 2.45. The first kappa shape index (κ1) is 14.4. The number of nitrogens with one attached hydrogen (secondary N) is 1. The van der Waals surface area contributed by atoms with Crippen LogP contribution in [-0.2, 0) is 9.53 Å². The van der Waals surface area contributed by atoms with Crippen molar-refractivity contribution in [3.8, 4) is 0 Å². The predicted octanol–water partition coefficient (Wildman–Crippen LogP) is 2.37. The van der Waals surface area contributed by atoms with Gasteiger partial charge in [-0.3, -0.25) is 5.01 Å². The first-order valence-corrected chi connectivity index (χ1v) is 6.64. The Balaban J connectivity index is 2.25. The van der Waals surface area contributed by atoms with E-state index in [1.165, 1.54) is 0 Å². The lowest BCUT2D eigenvalue weighted by molar-refractivity contribution is -0.143. The Kier molecular flexibility index (Phi) is 3.99. The van der Waals surface area contributed by atoms with E-state index in [0.717, 1.165) is 5.69 Å². The number of rotatable bonds is 5. The van der Waals surface area contributed by atoms with Crippen LogP contribution < -0.4 is 10.4 Å². The van der Waals surface area contributed by atoms with E-state index in [2.05, 4.69) is 5.43 Å². The lowest BCUT2D eigenvalue weighted by Crippen LogP contribution is -2.52. The van der Waals surface area contributed by atoms with E-state index < -0.39 is 11.5 Å². The van der Waals surface area contributed by atoms with Gasteiger partial charge >= 0.3 is 5.97 Å². The van der Waals surface area contributed by atoms with E-state index in [0.29, 0.717) is 18.3 Å². The molecule has 0 saturated carbocycles. The first-order valence-electron chi connectivity index (χ1n) is 6.64. The molecular weight excluding hydrogens is 256 g/mol. The average molecular weight is 276 g/mol. The molecule has 0 fully saturated rings. The van der Waals surface area contributed by atoms with Crippen molar-refractivity contribution >= 4 is 11.7 Å². The number of hydrazine groups is 1. The molecule has 1 aliphatic rings. The van der Waals surface area contributed by atoms with Crippen LogP contribution in [0.3, 0.4) is 0 Å². The van der Waals surface area contributed by atoms with Gasteiger partial charge in [-0.05, 0) is 25.0 Å². The number of aliphatic carboxylic acids is 1. The van der Waals surface area contributed by atoms with Gasteiger partial charge in [0.1, 0.15) is 5.76 Å². The molecule has 1 unspecified atom stereocenters. The Bertz CT molecular complexity index is 513. The molecule has 108 valence electrons. The van der Waals surface area contributed by atoms with E-state index in [4.69, 9.17) is 4.74 Å². The zero-order valence-electron chi connectivity index (χ0n) is 12.0. The number of hydrogen-bond donors (Lipinski definition) is 2. The largest absolute Gasteiger partial charge is 0.493 e. The molecule has 1 aliphatic heterocycles. The molecule has 2 rings (SSSR count). The van der Waals surface area contributed by atoms with Crippen molar-refractivity contribution in [2.45, 2.75) is 26.3 Å². The molecule has 20 heavy (non-hydrogen) atoms. The van der Waals surface area contributed by atoms with Crippen LogP contribution in [0.1, 0.15) is 20.8 Å². The van der Waals surface area contributed by atoms with E-state index >= 15 is 0 Å². The average Bonchev–Trinajstić information content (AvgIpc) is 2.76. The number of anilines is 1. The Morgan fingerprint density at radius 3 is 2.60 bits per heavy atom. The summed E-state index contributed by atoms with van der Waals surface area (Å²) in [5.41, 5.74) is 2.59. The SMILES string of the molecule is CC(C)COC1=CN(c2ccccc2)NC1(C)C(=O)O. The summed E-state index contributed by atoms with van der Waals surface area (Å²) in [4.78, 5) is 11.5. The second-order valence-corrected chi connectivity index (χ2v) is 5.45. The summed E-state index contributed by atoms with van der Waals surface area (Å²) in [5, 5.41) is 11.1. The zero-order chi connectivity index (χ0) is 14.8. The summed E-state index contributed by atoms with van der Waals surface area (Å²) in [5.74, 6) is -0.215. The standard InChI is InChI=1S/C15H20N2O3/c1-11(2)10-20-13-9-17(12-7-5-4-6-8-12)16-15(13,3)14(18)19/h4-9,11,16H,10H2,1-3H3,(H,18,19). The summed E-state index contributed by atoms with van der Waals surface area (Å²) in [6, 6.07) is 9.51. The molecule has 1 aromatic carbocycles. The van der Waals surface area contributed by atoms with Gasteiger partial charge in [0.2, 0.25) is 0 Å². The molecule has 1 aromatic rings. The van der Waals surface area contributed by atoms with E-state index in [1.54, 1.807) is 18.1 Å². The number of nitrogens with zero attached hydrogens (tertiary/aromatic N) is 1. The summed E-state index contributed by atoms with van der Waals surface area (Å²) >= 11 is 0. The third-order valence-electron chi connectivity index (χ3n) is 3.12. The number of hydrogen-bond acceptors (Lipinski definition) is 4. The number of carboxylic acid groups (broad SMARTS) is 1. The van der Waals surface area contributed by atoms with Gasteiger partial charge in [-0.1, -0.05) is 32.0 Å². The molecule has 2 N–H and O–H groups in total. The molecule has 1 heterocycles. The van der Waals surface area contributed by atoms with Crippen molar-refractivity contribution in [2.75, 3.05) is 11.6 Å². The Morgan fingerprint density at radius 1 is 1.40 bits per heavy atom. The van der Waals surface area contributed by atoms with Crippen LogP contribution in [0.4, 0.5) is 5.69 Å². The highest BCUT2D eigenvalue weighted by Crippen LogP contribution is 2.29. The minimum Gasteiger partial charge on any atom is -0.493 e. The molecule has 0 bridgehead atoms. The van der Waals surface area contributed by atoms with Crippen molar-refractivity contribution in [1.82, 2.24) is 5.43 Å². The summed E-state index contributed by atoms with van der Waals surface area (Å²) in [6.07, 6.45) is 1.70. The molecule has 5 heteroatoms. The Hall–Kier alpha value is -2.01. The third kappa shape index (κ3) is 2.77. The molecule has 0 aromatic heterocycles. The van der Waals surface area contributed by atoms with Gasteiger partial charge in [0.25, 0.3) is 0 Å². The second kappa shape index (κ2) is 5.54. The zero-order valence-corrected chi connectivity index (χ0v) is 12.0. The predicted molar refractivity (Wildman–Crippen MR) is 77.0 cm³/mol. The molecular formula is C15H20N2O3. The van der Waals surface area contributed by atoms with E-state index in [-0.39, 0.29) is 0 Å². The molecule has 5 nitrogen and oxygen atoms in total. The van der Waals surface area contributed by atoms with Crippen molar-refractivity contribution in [3.63, 3.8) is 0 Å². The minimum atomic E-state index is -1.25. The molecule has 1 atom stereocenters. The monoisotopic (exact) mass is 276 g/mol. The fourth-order valence-corrected chi connectivity index (χ4v) is 1.89. The van der Waals surface area contributed by atoms with Gasteiger partial charge in [0.05, 0.1) is 18.5 Å². The minimum absolute atomic E-state index is 0.333. The number of carboxylic acids is 1. The van der Waals surface area contributed by atoms with Gasteiger partial charge in [-0.15, -0.1) is 0 Å². The maximum absolute atomic E-state index is 11.5. The van der Waals surface area contributed by atoms with Crippen LogP contribution in [0.5, 0.6) is 0 Å². The molecule has 0 spiro atoms. The lowest BCUT2D eigenvalue weighted by Gasteiger charge is -2.26.